The van der Waals surface area contributed by atoms with Gasteiger partial charge in [0.15, 0.2) is 11.7 Å². The molecule has 0 aromatic heterocycles. The number of nitrogens with one attached hydrogen (secondary N) is 1. The number of allylic oxidation sites excluding steroid dienone is 2. The zero-order chi connectivity index (χ0) is 12.9. The van der Waals surface area contributed by atoms with Crippen LogP contribution in [0.3, 0.4) is 0 Å². The lowest BCUT2D eigenvalue weighted by atomic mass is 10.2. The van der Waals surface area contributed by atoms with Crippen LogP contribution in [0.25, 0.3) is 0 Å². The zero-order valence-electron chi connectivity index (χ0n) is 9.08. The minimum Gasteiger partial charge on any atom is -0.482 e. The monoisotopic (exact) mass is 254 g/mol. The minimum absolute atomic E-state index is 0.198. The summed E-state index contributed by atoms with van der Waals surface area (Å²) in [5, 5.41) is 2.43. The lowest BCUT2D eigenvalue weighted by Gasteiger charge is -2.32. The third-order valence-electron chi connectivity index (χ3n) is 1.92. The van der Waals surface area contributed by atoms with Gasteiger partial charge < -0.3 is 19.5 Å². The molecule has 0 bridgehead atoms. The molecule has 1 aliphatic heterocycles. The van der Waals surface area contributed by atoms with Gasteiger partial charge in [0, 0.05) is 6.08 Å². The lowest BCUT2D eigenvalue weighted by molar-refractivity contribution is -0.154. The van der Waals surface area contributed by atoms with E-state index < -0.39 is 24.9 Å². The maximum Gasteiger partial charge on any atom is 0.345 e. The Morgan fingerprint density at radius 2 is 2.12 bits per heavy atom. The van der Waals surface area contributed by atoms with Gasteiger partial charge in [-0.2, -0.15) is 8.78 Å². The molecule has 0 aromatic carbocycles. The molecular formula is C9H13F3N2O3. The van der Waals surface area contributed by atoms with Crippen LogP contribution in [0.1, 0.15) is 0 Å². The van der Waals surface area contributed by atoms with Crippen molar-refractivity contribution in [3.63, 3.8) is 0 Å². The van der Waals surface area contributed by atoms with Gasteiger partial charge in [0.25, 0.3) is 0 Å². The Kier molecular flexibility index (Phi) is 4.79. The maximum atomic E-state index is 13.4. The van der Waals surface area contributed by atoms with E-state index in [4.69, 9.17) is 15.2 Å². The molecule has 98 valence electrons. The molecule has 1 atom stereocenters. The number of hydrogen-bond acceptors (Lipinski definition) is 5. The fraction of sp³-hybridized carbons (Fsp3) is 0.556. The summed E-state index contributed by atoms with van der Waals surface area (Å²) in [6, 6.07) is 0. The fourth-order valence-corrected chi connectivity index (χ4v) is 1.12. The Morgan fingerprint density at radius 3 is 2.71 bits per heavy atom. The molecule has 1 rings (SSSR count). The van der Waals surface area contributed by atoms with Crippen molar-refractivity contribution in [2.45, 2.75) is 12.5 Å². The summed E-state index contributed by atoms with van der Waals surface area (Å²) in [5.41, 5.74) is 5.54. The van der Waals surface area contributed by atoms with Crippen molar-refractivity contribution >= 4 is 0 Å². The molecule has 0 saturated carbocycles. The molecule has 1 heterocycles. The van der Waals surface area contributed by atoms with Gasteiger partial charge in [-0.1, -0.05) is 0 Å². The summed E-state index contributed by atoms with van der Waals surface area (Å²) in [6.45, 7) is -3.61. The van der Waals surface area contributed by atoms with Gasteiger partial charge in [-0.15, -0.1) is 0 Å². The van der Waals surface area contributed by atoms with Crippen LogP contribution < -0.4 is 11.1 Å². The Bertz CT molecular complexity index is 323. The highest BCUT2D eigenvalue weighted by Gasteiger charge is 2.35. The van der Waals surface area contributed by atoms with E-state index in [0.29, 0.717) is 0 Å². The molecule has 3 N–H and O–H groups in total. The maximum absolute atomic E-state index is 13.4. The summed E-state index contributed by atoms with van der Waals surface area (Å²) in [4.78, 5) is 0. The molecule has 17 heavy (non-hydrogen) atoms. The van der Waals surface area contributed by atoms with Gasteiger partial charge in [0.05, 0.1) is 20.3 Å². The number of nitrogens with two attached hydrogens (primary N) is 1. The van der Waals surface area contributed by atoms with Gasteiger partial charge >= 0.3 is 6.61 Å². The average molecular weight is 254 g/mol. The average Bonchev–Trinajstić information content (AvgIpc) is 2.28. The van der Waals surface area contributed by atoms with Crippen LogP contribution in [0.2, 0.25) is 0 Å². The summed E-state index contributed by atoms with van der Waals surface area (Å²) in [5.74, 6) is -2.52. The highest BCUT2D eigenvalue weighted by molar-refractivity contribution is 5.23. The molecule has 0 aliphatic carbocycles. The number of rotatable bonds is 6. The molecule has 5 nitrogen and oxygen atoms in total. The summed E-state index contributed by atoms with van der Waals surface area (Å²) < 4.78 is 50.3. The van der Waals surface area contributed by atoms with E-state index in [-0.39, 0.29) is 12.5 Å². The Hall–Kier alpha value is -1.25. The topological polar surface area (TPSA) is 65.7 Å². The molecule has 8 heteroatoms. The molecule has 0 saturated heterocycles. The summed E-state index contributed by atoms with van der Waals surface area (Å²) in [7, 11) is 1.36. The predicted molar refractivity (Wildman–Crippen MR) is 52.2 cm³/mol. The number of dihydropyridines is 1. The number of alkyl halides is 2. The molecule has 1 unspecified atom stereocenters. The Balaban J connectivity index is 2.46. The van der Waals surface area contributed by atoms with E-state index in [1.54, 1.807) is 0 Å². The van der Waals surface area contributed by atoms with Crippen LogP contribution in [0.15, 0.2) is 23.9 Å². The fourth-order valence-electron chi connectivity index (χ4n) is 1.12. The standard InChI is InChI=1S/C9H13F3N2O3/c1-15-7-3-2-6(10)9(13,14-7)17-5-4-16-8(11)12/h2-3,8,14H,4-5,13H2,1H3. The van der Waals surface area contributed by atoms with Crippen molar-refractivity contribution in [2.24, 2.45) is 5.73 Å². The van der Waals surface area contributed by atoms with E-state index in [1.807, 2.05) is 0 Å². The predicted octanol–water partition coefficient (Wildman–Crippen LogP) is 0.799. The third-order valence-corrected chi connectivity index (χ3v) is 1.92. The molecular weight excluding hydrogens is 241 g/mol. The second-order valence-corrected chi connectivity index (χ2v) is 3.09. The van der Waals surface area contributed by atoms with E-state index in [9.17, 15) is 13.2 Å². The molecule has 0 fully saturated rings. The first-order valence-corrected chi connectivity index (χ1v) is 4.70. The van der Waals surface area contributed by atoms with E-state index >= 15 is 0 Å². The first-order valence-electron chi connectivity index (χ1n) is 4.70. The van der Waals surface area contributed by atoms with Crippen molar-refractivity contribution in [1.29, 1.82) is 0 Å². The minimum atomic E-state index is -2.90. The first kappa shape index (κ1) is 13.8. The Morgan fingerprint density at radius 1 is 1.41 bits per heavy atom. The molecule has 0 radical (unpaired) electrons. The van der Waals surface area contributed by atoms with Crippen LogP contribution in [-0.2, 0) is 14.2 Å². The number of methoxy groups -OCH3 is 1. The van der Waals surface area contributed by atoms with Crippen molar-refractivity contribution in [3.05, 3.63) is 23.9 Å². The van der Waals surface area contributed by atoms with Gasteiger partial charge in [-0.25, -0.2) is 4.39 Å². The van der Waals surface area contributed by atoms with Gasteiger partial charge in [-0.3, -0.25) is 5.73 Å². The first-order chi connectivity index (χ1) is 7.98. The van der Waals surface area contributed by atoms with Crippen molar-refractivity contribution < 1.29 is 27.4 Å². The van der Waals surface area contributed by atoms with E-state index in [1.165, 1.54) is 13.2 Å². The largest absolute Gasteiger partial charge is 0.482 e. The molecule has 0 spiro atoms. The Labute approximate surface area is 96.0 Å². The number of halogens is 3. The molecule has 0 aromatic rings. The number of hydrogen-bond donors (Lipinski definition) is 2. The quantitative estimate of drug-likeness (QED) is 0.542. The lowest BCUT2D eigenvalue weighted by Crippen LogP contribution is -2.57. The van der Waals surface area contributed by atoms with Gasteiger partial charge in [0.2, 0.25) is 5.85 Å². The number of ether oxygens (including phenoxy) is 3. The van der Waals surface area contributed by atoms with Crippen LogP contribution in [0.5, 0.6) is 0 Å². The van der Waals surface area contributed by atoms with E-state index in [0.717, 1.165) is 6.08 Å². The van der Waals surface area contributed by atoms with Crippen LogP contribution >= 0.6 is 0 Å². The van der Waals surface area contributed by atoms with Gasteiger partial charge in [-0.05, 0) is 6.08 Å². The highest BCUT2D eigenvalue weighted by Crippen LogP contribution is 2.20. The molecule has 0 amide bonds. The summed E-state index contributed by atoms with van der Waals surface area (Å²) >= 11 is 0. The van der Waals surface area contributed by atoms with Crippen molar-refractivity contribution in [1.82, 2.24) is 5.32 Å². The zero-order valence-corrected chi connectivity index (χ0v) is 9.08. The van der Waals surface area contributed by atoms with Crippen LogP contribution in [-0.4, -0.2) is 32.8 Å². The molecule has 1 aliphatic rings. The van der Waals surface area contributed by atoms with Crippen molar-refractivity contribution in [3.8, 4) is 0 Å². The SMILES string of the molecule is COC1=CC=C(F)C(N)(OCCOC(F)F)N1. The van der Waals surface area contributed by atoms with E-state index in [2.05, 4.69) is 10.1 Å². The van der Waals surface area contributed by atoms with Crippen LogP contribution in [0, 0.1) is 0 Å². The van der Waals surface area contributed by atoms with Gasteiger partial charge in [0.1, 0.15) is 0 Å². The third kappa shape index (κ3) is 3.91. The van der Waals surface area contributed by atoms with Crippen molar-refractivity contribution in [2.75, 3.05) is 20.3 Å². The normalized spacial score (nSPS) is 24.1. The smallest absolute Gasteiger partial charge is 0.345 e. The second kappa shape index (κ2) is 5.89. The summed E-state index contributed by atoms with van der Waals surface area (Å²) in [6.07, 6.45) is 2.38. The highest BCUT2D eigenvalue weighted by atomic mass is 19.3. The van der Waals surface area contributed by atoms with Crippen LogP contribution in [0.4, 0.5) is 13.2 Å². The second-order valence-electron chi connectivity index (χ2n) is 3.09.